The average molecular weight is 361 g/mol. The van der Waals surface area contributed by atoms with Crippen LogP contribution in [0.15, 0.2) is 41.6 Å². The van der Waals surface area contributed by atoms with Gasteiger partial charge in [-0.3, -0.25) is 9.69 Å². The number of nitrogens with zero attached hydrogens (tertiary/aromatic N) is 2. The second kappa shape index (κ2) is 5.59. The van der Waals surface area contributed by atoms with Crippen molar-refractivity contribution in [3.05, 3.63) is 47.2 Å². The van der Waals surface area contributed by atoms with Gasteiger partial charge < -0.3 is 10.2 Å². The molecule has 0 spiro atoms. The minimum Gasteiger partial charge on any atom is -0.329 e. The fraction of sp³-hybridized carbons (Fsp3) is 0.412. The van der Waals surface area contributed by atoms with E-state index in [0.29, 0.717) is 17.7 Å². The van der Waals surface area contributed by atoms with Gasteiger partial charge in [-0.1, -0.05) is 30.3 Å². The smallest absolute Gasteiger partial charge is 0.322 e. The van der Waals surface area contributed by atoms with Crippen LogP contribution in [0.5, 0.6) is 0 Å². The lowest BCUT2D eigenvalue weighted by Gasteiger charge is -2.31. The Morgan fingerprint density at radius 1 is 1.16 bits per heavy atom. The van der Waals surface area contributed by atoms with Crippen LogP contribution >= 0.6 is 0 Å². The van der Waals surface area contributed by atoms with Crippen LogP contribution in [0.4, 0.5) is 4.79 Å². The standard InChI is InChI=1S/C17H19N3O4S/c1-19-13-9-20(12-7-8-25(23,24)10-12)16(21)14(13)15(18-17(19)22)11-5-3-2-4-6-11/h2-6,12,15H,7-10H2,1H3,(H,18,22)/t12-,15-/m1/s1. The molecule has 7 nitrogen and oxygen atoms in total. The molecule has 1 aromatic rings. The van der Waals surface area contributed by atoms with Crippen molar-refractivity contribution in [2.24, 2.45) is 0 Å². The summed E-state index contributed by atoms with van der Waals surface area (Å²) in [6.45, 7) is 0.279. The van der Waals surface area contributed by atoms with Crippen LogP contribution in [0.2, 0.25) is 0 Å². The van der Waals surface area contributed by atoms with E-state index in [4.69, 9.17) is 0 Å². The molecule has 0 aliphatic carbocycles. The van der Waals surface area contributed by atoms with E-state index in [1.807, 2.05) is 30.3 Å². The van der Waals surface area contributed by atoms with E-state index in [1.165, 1.54) is 4.90 Å². The van der Waals surface area contributed by atoms with Gasteiger partial charge in [-0.2, -0.15) is 0 Å². The Hall–Kier alpha value is -2.35. The molecular weight excluding hydrogens is 342 g/mol. The zero-order valence-electron chi connectivity index (χ0n) is 13.8. The van der Waals surface area contributed by atoms with Crippen molar-refractivity contribution in [1.29, 1.82) is 0 Å². The molecule has 0 saturated carbocycles. The molecule has 3 amide bonds. The third kappa shape index (κ3) is 2.60. The maximum Gasteiger partial charge on any atom is 0.322 e. The molecular formula is C17H19N3O4S. The molecule has 0 unspecified atom stereocenters. The number of amides is 3. The highest BCUT2D eigenvalue weighted by Gasteiger charge is 2.46. The first-order valence-corrected chi connectivity index (χ1v) is 10.0. The van der Waals surface area contributed by atoms with Crippen molar-refractivity contribution >= 4 is 21.8 Å². The minimum atomic E-state index is -3.09. The molecule has 132 valence electrons. The van der Waals surface area contributed by atoms with Gasteiger partial charge in [0, 0.05) is 13.1 Å². The topological polar surface area (TPSA) is 86.8 Å². The van der Waals surface area contributed by atoms with Crippen LogP contribution in [0, 0.1) is 0 Å². The zero-order valence-corrected chi connectivity index (χ0v) is 14.6. The van der Waals surface area contributed by atoms with Gasteiger partial charge in [-0.15, -0.1) is 0 Å². The molecule has 1 N–H and O–H groups in total. The third-order valence-electron chi connectivity index (χ3n) is 5.17. The lowest BCUT2D eigenvalue weighted by Crippen LogP contribution is -2.45. The molecule has 2 atom stereocenters. The van der Waals surface area contributed by atoms with E-state index in [-0.39, 0.29) is 36.0 Å². The van der Waals surface area contributed by atoms with Crippen molar-refractivity contribution in [1.82, 2.24) is 15.1 Å². The summed E-state index contributed by atoms with van der Waals surface area (Å²) in [5.41, 5.74) is 2.04. The highest BCUT2D eigenvalue weighted by atomic mass is 32.2. The highest BCUT2D eigenvalue weighted by molar-refractivity contribution is 7.91. The molecule has 1 fully saturated rings. The normalized spacial score (nSPS) is 28.4. The van der Waals surface area contributed by atoms with Crippen molar-refractivity contribution in [3.63, 3.8) is 0 Å². The van der Waals surface area contributed by atoms with Gasteiger partial charge in [0.2, 0.25) is 0 Å². The van der Waals surface area contributed by atoms with E-state index < -0.39 is 15.9 Å². The second-order valence-corrected chi connectivity index (χ2v) is 8.93. The molecule has 8 heteroatoms. The Labute approximate surface area is 146 Å². The number of rotatable bonds is 2. The number of benzene rings is 1. The lowest BCUT2D eigenvalue weighted by atomic mass is 9.96. The number of likely N-dealkylation sites (N-methyl/N-ethyl adjacent to an activating group) is 1. The van der Waals surface area contributed by atoms with E-state index in [9.17, 15) is 18.0 Å². The Morgan fingerprint density at radius 3 is 2.52 bits per heavy atom. The van der Waals surface area contributed by atoms with Crippen molar-refractivity contribution in [3.8, 4) is 0 Å². The Balaban J connectivity index is 1.70. The van der Waals surface area contributed by atoms with Crippen LogP contribution in [0.1, 0.15) is 18.0 Å². The number of nitrogens with one attached hydrogen (secondary N) is 1. The van der Waals surface area contributed by atoms with E-state index in [0.717, 1.165) is 5.56 Å². The fourth-order valence-corrected chi connectivity index (χ4v) is 5.53. The van der Waals surface area contributed by atoms with Gasteiger partial charge in [0.05, 0.1) is 35.4 Å². The van der Waals surface area contributed by atoms with E-state index >= 15 is 0 Å². The first kappa shape index (κ1) is 16.1. The molecule has 25 heavy (non-hydrogen) atoms. The van der Waals surface area contributed by atoms with Crippen molar-refractivity contribution in [2.45, 2.75) is 18.5 Å². The molecule has 3 aliphatic heterocycles. The largest absolute Gasteiger partial charge is 0.329 e. The number of carbonyl (C=O) groups excluding carboxylic acids is 2. The molecule has 3 heterocycles. The number of hydrogen-bond acceptors (Lipinski definition) is 4. The molecule has 1 saturated heterocycles. The van der Waals surface area contributed by atoms with Crippen LogP contribution in [-0.4, -0.2) is 61.3 Å². The SMILES string of the molecule is CN1C(=O)N[C@H](c2ccccc2)C2=C1CN([C@@H]1CCS(=O)(=O)C1)C2=O. The Morgan fingerprint density at radius 2 is 1.88 bits per heavy atom. The predicted octanol–water partition coefficient (Wildman–Crippen LogP) is 0.666. The third-order valence-corrected chi connectivity index (χ3v) is 6.92. The van der Waals surface area contributed by atoms with Gasteiger partial charge in [-0.25, -0.2) is 13.2 Å². The molecule has 0 aromatic heterocycles. The molecule has 3 aliphatic rings. The summed E-state index contributed by atoms with van der Waals surface area (Å²) in [4.78, 5) is 28.4. The molecule has 0 radical (unpaired) electrons. The first-order chi connectivity index (χ1) is 11.9. The summed E-state index contributed by atoms with van der Waals surface area (Å²) in [7, 11) is -1.45. The van der Waals surface area contributed by atoms with Crippen LogP contribution < -0.4 is 5.32 Å². The number of sulfone groups is 1. The van der Waals surface area contributed by atoms with E-state index in [2.05, 4.69) is 5.32 Å². The molecule has 0 bridgehead atoms. The monoisotopic (exact) mass is 361 g/mol. The second-order valence-electron chi connectivity index (χ2n) is 6.70. The van der Waals surface area contributed by atoms with Gasteiger partial charge in [0.1, 0.15) is 0 Å². The molecule has 4 rings (SSSR count). The lowest BCUT2D eigenvalue weighted by molar-refractivity contribution is -0.127. The Kier molecular flexibility index (Phi) is 3.61. The van der Waals surface area contributed by atoms with Crippen LogP contribution in [-0.2, 0) is 14.6 Å². The summed E-state index contributed by atoms with van der Waals surface area (Å²) in [5.74, 6) is -0.0699. The van der Waals surface area contributed by atoms with Crippen molar-refractivity contribution < 1.29 is 18.0 Å². The van der Waals surface area contributed by atoms with Gasteiger partial charge in [0.15, 0.2) is 9.84 Å². The summed E-state index contributed by atoms with van der Waals surface area (Å²) >= 11 is 0. The van der Waals surface area contributed by atoms with Gasteiger partial charge in [0.25, 0.3) is 5.91 Å². The van der Waals surface area contributed by atoms with Gasteiger partial charge in [-0.05, 0) is 12.0 Å². The predicted molar refractivity (Wildman–Crippen MR) is 91.3 cm³/mol. The number of carbonyl (C=O) groups is 2. The maximum absolute atomic E-state index is 13.1. The highest BCUT2D eigenvalue weighted by Crippen LogP contribution is 2.37. The minimum absolute atomic E-state index is 0.000390. The molecule has 1 aromatic carbocycles. The average Bonchev–Trinajstić information content (AvgIpc) is 3.12. The van der Waals surface area contributed by atoms with Crippen LogP contribution in [0.3, 0.4) is 0 Å². The quantitative estimate of drug-likeness (QED) is 0.839. The first-order valence-electron chi connectivity index (χ1n) is 8.21. The van der Waals surface area contributed by atoms with E-state index in [1.54, 1.807) is 11.9 Å². The number of hydrogen-bond donors (Lipinski definition) is 1. The van der Waals surface area contributed by atoms with Crippen LogP contribution in [0.25, 0.3) is 0 Å². The summed E-state index contributed by atoms with van der Waals surface area (Å²) in [5, 5.41) is 2.88. The summed E-state index contributed by atoms with van der Waals surface area (Å²) in [6.07, 6.45) is 0.454. The zero-order chi connectivity index (χ0) is 17.8. The Bertz CT molecular complexity index is 878. The maximum atomic E-state index is 13.1. The summed E-state index contributed by atoms with van der Waals surface area (Å²) < 4.78 is 23.6. The van der Waals surface area contributed by atoms with Gasteiger partial charge >= 0.3 is 6.03 Å². The number of urea groups is 1. The summed E-state index contributed by atoms with van der Waals surface area (Å²) in [6, 6.07) is 8.26. The fourth-order valence-electron chi connectivity index (χ4n) is 3.80. The van der Waals surface area contributed by atoms with Crippen molar-refractivity contribution in [2.75, 3.05) is 25.1 Å².